The van der Waals surface area contributed by atoms with Crippen molar-refractivity contribution in [2.24, 2.45) is 0 Å². The fourth-order valence-corrected chi connectivity index (χ4v) is 2.12. The number of benzene rings is 1. The van der Waals surface area contributed by atoms with Crippen LogP contribution in [-0.2, 0) is 11.3 Å². The van der Waals surface area contributed by atoms with E-state index in [0.29, 0.717) is 18.7 Å². The van der Waals surface area contributed by atoms with Crippen molar-refractivity contribution in [3.05, 3.63) is 29.6 Å². The summed E-state index contributed by atoms with van der Waals surface area (Å²) in [6.07, 6.45) is 0.477. The van der Waals surface area contributed by atoms with Crippen LogP contribution in [0.1, 0.15) is 17.8 Å². The predicted molar refractivity (Wildman–Crippen MR) is 75.8 cm³/mol. The molecule has 0 unspecified atom stereocenters. The Bertz CT molecular complexity index is 564. The van der Waals surface area contributed by atoms with E-state index in [0.717, 1.165) is 22.4 Å². The number of imidazole rings is 1. The first-order valence-corrected chi connectivity index (χ1v) is 6.53. The maximum Gasteiger partial charge on any atom is 0.223 e. The fourth-order valence-electron chi connectivity index (χ4n) is 1.93. The van der Waals surface area contributed by atoms with Gasteiger partial charge in [-0.05, 0) is 30.4 Å². The smallest absolute Gasteiger partial charge is 0.223 e. The van der Waals surface area contributed by atoms with E-state index in [1.165, 1.54) is 0 Å². The van der Waals surface area contributed by atoms with Crippen molar-refractivity contribution < 1.29 is 4.79 Å². The summed E-state index contributed by atoms with van der Waals surface area (Å²) in [5.74, 6) is 1.61. The van der Waals surface area contributed by atoms with Gasteiger partial charge in [-0.3, -0.25) is 4.79 Å². The summed E-state index contributed by atoms with van der Waals surface area (Å²) in [6.45, 7) is 2.54. The van der Waals surface area contributed by atoms with E-state index in [4.69, 9.17) is 0 Å². The number of hydrogen-bond donors (Lipinski definition) is 2. The number of hydrogen-bond acceptors (Lipinski definition) is 3. The van der Waals surface area contributed by atoms with Gasteiger partial charge in [0.25, 0.3) is 0 Å². The van der Waals surface area contributed by atoms with Crippen LogP contribution in [0, 0.1) is 6.92 Å². The molecule has 2 rings (SSSR count). The molecule has 0 atom stereocenters. The quantitative estimate of drug-likeness (QED) is 0.830. The van der Waals surface area contributed by atoms with Gasteiger partial charge in [-0.25, -0.2) is 4.98 Å². The number of nitrogens with zero attached hydrogens (tertiary/aromatic N) is 2. The molecule has 1 heterocycles. The van der Waals surface area contributed by atoms with E-state index in [2.05, 4.69) is 22.6 Å². The largest absolute Gasteiger partial charge is 0.342 e. The number of H-pyrrole nitrogens is 1. The molecule has 1 aromatic carbocycles. The van der Waals surface area contributed by atoms with E-state index in [1.54, 1.807) is 4.90 Å². The van der Waals surface area contributed by atoms with Crippen LogP contribution >= 0.6 is 12.6 Å². The Morgan fingerprint density at radius 2 is 2.28 bits per heavy atom. The molecule has 5 heteroatoms. The number of aryl methyl sites for hydroxylation is 1. The van der Waals surface area contributed by atoms with Gasteiger partial charge in [0.15, 0.2) is 0 Å². The lowest BCUT2D eigenvalue weighted by Gasteiger charge is -2.16. The Labute approximate surface area is 112 Å². The zero-order chi connectivity index (χ0) is 13.1. The van der Waals surface area contributed by atoms with E-state index >= 15 is 0 Å². The van der Waals surface area contributed by atoms with Gasteiger partial charge in [0.1, 0.15) is 5.82 Å². The van der Waals surface area contributed by atoms with Gasteiger partial charge >= 0.3 is 0 Å². The van der Waals surface area contributed by atoms with Crippen molar-refractivity contribution in [3.8, 4) is 0 Å². The maximum absolute atomic E-state index is 11.7. The highest BCUT2D eigenvalue weighted by Gasteiger charge is 2.09. The number of nitrogens with one attached hydrogen (secondary N) is 1. The molecule has 18 heavy (non-hydrogen) atoms. The first-order valence-electron chi connectivity index (χ1n) is 5.90. The molecule has 0 saturated carbocycles. The summed E-state index contributed by atoms with van der Waals surface area (Å²) >= 11 is 4.07. The number of thiol groups is 1. The van der Waals surface area contributed by atoms with Crippen molar-refractivity contribution in [1.29, 1.82) is 0 Å². The Morgan fingerprint density at radius 3 is 3.00 bits per heavy atom. The predicted octanol–water partition coefficient (Wildman–Crippen LogP) is 2.15. The topological polar surface area (TPSA) is 49.0 Å². The molecule has 0 aliphatic rings. The summed E-state index contributed by atoms with van der Waals surface area (Å²) < 4.78 is 0. The highest BCUT2D eigenvalue weighted by atomic mass is 32.1. The standard InChI is InChI=1S/C13H17N3OS/c1-9-14-11-4-3-10(7-12(11)15-9)8-16(2)13(17)5-6-18/h3-4,7,18H,5-6,8H2,1-2H3,(H,14,15). The molecule has 2 aromatic rings. The lowest BCUT2D eigenvalue weighted by molar-refractivity contribution is -0.129. The molecule has 0 aliphatic heterocycles. The second kappa shape index (κ2) is 5.44. The third kappa shape index (κ3) is 2.85. The second-order valence-corrected chi connectivity index (χ2v) is 4.84. The molecule has 0 radical (unpaired) electrons. The number of aromatic nitrogens is 2. The van der Waals surface area contributed by atoms with E-state index in [9.17, 15) is 4.79 Å². The maximum atomic E-state index is 11.7. The molecule has 0 spiro atoms. The van der Waals surface area contributed by atoms with Crippen LogP contribution in [-0.4, -0.2) is 33.6 Å². The molecule has 4 nitrogen and oxygen atoms in total. The molecule has 0 bridgehead atoms. The van der Waals surface area contributed by atoms with Crippen molar-refractivity contribution in [3.63, 3.8) is 0 Å². The Balaban J connectivity index is 2.13. The number of rotatable bonds is 4. The van der Waals surface area contributed by atoms with Gasteiger partial charge in [-0.2, -0.15) is 12.6 Å². The van der Waals surface area contributed by atoms with Crippen LogP contribution in [0.25, 0.3) is 11.0 Å². The SMILES string of the molecule is Cc1nc2ccc(CN(C)C(=O)CCS)cc2[nH]1. The highest BCUT2D eigenvalue weighted by molar-refractivity contribution is 7.80. The van der Waals surface area contributed by atoms with Crippen LogP contribution < -0.4 is 0 Å². The summed E-state index contributed by atoms with van der Waals surface area (Å²) in [5.41, 5.74) is 3.07. The lowest BCUT2D eigenvalue weighted by atomic mass is 10.2. The molecular weight excluding hydrogens is 246 g/mol. The zero-order valence-corrected chi connectivity index (χ0v) is 11.5. The van der Waals surface area contributed by atoms with Crippen LogP contribution in [0.5, 0.6) is 0 Å². The van der Waals surface area contributed by atoms with Crippen molar-refractivity contribution >= 4 is 29.6 Å². The number of carbonyl (C=O) groups excluding carboxylic acids is 1. The average Bonchev–Trinajstić information content (AvgIpc) is 2.68. The second-order valence-electron chi connectivity index (χ2n) is 4.40. The van der Waals surface area contributed by atoms with Gasteiger partial charge in [-0.1, -0.05) is 6.07 Å². The Kier molecular flexibility index (Phi) is 3.91. The minimum absolute atomic E-state index is 0.117. The zero-order valence-electron chi connectivity index (χ0n) is 10.6. The summed E-state index contributed by atoms with van der Waals surface area (Å²) in [5, 5.41) is 0. The molecular formula is C13H17N3OS. The average molecular weight is 263 g/mol. The molecule has 1 aromatic heterocycles. The van der Waals surface area contributed by atoms with Gasteiger partial charge in [-0.15, -0.1) is 0 Å². The van der Waals surface area contributed by atoms with Crippen LogP contribution in [0.15, 0.2) is 18.2 Å². The third-order valence-electron chi connectivity index (χ3n) is 2.84. The van der Waals surface area contributed by atoms with E-state index < -0.39 is 0 Å². The third-order valence-corrected chi connectivity index (χ3v) is 3.06. The first kappa shape index (κ1) is 13.0. The van der Waals surface area contributed by atoms with E-state index in [1.807, 2.05) is 32.2 Å². The van der Waals surface area contributed by atoms with Crippen molar-refractivity contribution in [2.75, 3.05) is 12.8 Å². The molecule has 0 aliphatic carbocycles. The molecule has 0 fully saturated rings. The first-order chi connectivity index (χ1) is 8.60. The minimum Gasteiger partial charge on any atom is -0.342 e. The number of carbonyl (C=O) groups is 1. The van der Waals surface area contributed by atoms with E-state index in [-0.39, 0.29) is 5.91 Å². The van der Waals surface area contributed by atoms with Crippen LogP contribution in [0.3, 0.4) is 0 Å². The normalized spacial score (nSPS) is 10.8. The van der Waals surface area contributed by atoms with Gasteiger partial charge in [0.05, 0.1) is 11.0 Å². The molecule has 1 amide bonds. The van der Waals surface area contributed by atoms with Crippen molar-refractivity contribution in [2.45, 2.75) is 19.9 Å². The fraction of sp³-hybridized carbons (Fsp3) is 0.385. The Morgan fingerprint density at radius 1 is 1.50 bits per heavy atom. The number of amides is 1. The lowest BCUT2D eigenvalue weighted by Crippen LogP contribution is -2.26. The summed E-state index contributed by atoms with van der Waals surface area (Å²) in [7, 11) is 1.81. The van der Waals surface area contributed by atoms with Gasteiger partial charge < -0.3 is 9.88 Å². The van der Waals surface area contributed by atoms with Crippen LogP contribution in [0.2, 0.25) is 0 Å². The summed E-state index contributed by atoms with van der Waals surface area (Å²) in [4.78, 5) is 20.9. The summed E-state index contributed by atoms with van der Waals surface area (Å²) in [6, 6.07) is 6.03. The monoisotopic (exact) mass is 263 g/mol. The molecule has 1 N–H and O–H groups in total. The van der Waals surface area contributed by atoms with Gasteiger partial charge in [0, 0.05) is 20.0 Å². The number of aromatic amines is 1. The minimum atomic E-state index is 0.117. The van der Waals surface area contributed by atoms with Crippen LogP contribution in [0.4, 0.5) is 0 Å². The van der Waals surface area contributed by atoms with Gasteiger partial charge in [0.2, 0.25) is 5.91 Å². The molecule has 0 saturated heterocycles. The number of fused-ring (bicyclic) bond motifs is 1. The molecule has 96 valence electrons. The van der Waals surface area contributed by atoms with Crippen molar-refractivity contribution in [1.82, 2.24) is 14.9 Å². The Hall–Kier alpha value is -1.49. The highest BCUT2D eigenvalue weighted by Crippen LogP contribution is 2.14.